The summed E-state index contributed by atoms with van der Waals surface area (Å²) in [7, 11) is 0. The Bertz CT molecular complexity index is 575. The second-order valence-electron chi connectivity index (χ2n) is 5.77. The number of nitrogens with zero attached hydrogens (tertiary/aromatic N) is 2. The van der Waals surface area contributed by atoms with Crippen LogP contribution in [0.2, 0.25) is 0 Å². The maximum absolute atomic E-state index is 12.6. The molecule has 0 saturated carbocycles. The van der Waals surface area contributed by atoms with Gasteiger partial charge in [0.2, 0.25) is 5.91 Å². The van der Waals surface area contributed by atoms with Crippen molar-refractivity contribution in [2.24, 2.45) is 5.92 Å². The Labute approximate surface area is 129 Å². The predicted octanol–water partition coefficient (Wildman–Crippen LogP) is 0.609. The van der Waals surface area contributed by atoms with Crippen molar-refractivity contribution in [2.45, 2.75) is 6.42 Å². The lowest BCUT2D eigenvalue weighted by Gasteiger charge is -2.24. The molecule has 1 fully saturated rings. The Morgan fingerprint density at radius 2 is 2.09 bits per heavy atom. The molecule has 118 valence electrons. The van der Waals surface area contributed by atoms with Crippen LogP contribution in [0.1, 0.15) is 5.56 Å². The molecular formula is C16H20N2O4. The third-order valence-electron chi connectivity index (χ3n) is 4.25. The first-order chi connectivity index (χ1) is 10.6. The average molecular weight is 304 g/mol. The molecule has 0 aliphatic carbocycles. The molecule has 2 aliphatic heterocycles. The molecule has 1 N–H and O–H groups in total. The van der Waals surface area contributed by atoms with E-state index in [0.29, 0.717) is 26.2 Å². The van der Waals surface area contributed by atoms with Crippen LogP contribution in [-0.4, -0.2) is 61.3 Å². The van der Waals surface area contributed by atoms with E-state index in [1.165, 1.54) is 5.56 Å². The second-order valence-corrected chi connectivity index (χ2v) is 5.77. The van der Waals surface area contributed by atoms with E-state index in [2.05, 4.69) is 0 Å². The number of amides is 1. The molecule has 0 bridgehead atoms. The van der Waals surface area contributed by atoms with Gasteiger partial charge in [0.1, 0.15) is 0 Å². The molecule has 1 unspecified atom stereocenters. The van der Waals surface area contributed by atoms with Gasteiger partial charge in [0.25, 0.3) is 0 Å². The van der Waals surface area contributed by atoms with Gasteiger partial charge in [-0.2, -0.15) is 0 Å². The number of anilines is 1. The molecule has 1 amide bonds. The summed E-state index contributed by atoms with van der Waals surface area (Å²) in [6.45, 7) is 2.56. The van der Waals surface area contributed by atoms with Crippen molar-refractivity contribution in [1.82, 2.24) is 4.90 Å². The maximum Gasteiger partial charge on any atom is 0.310 e. The Kier molecular flexibility index (Phi) is 4.40. The van der Waals surface area contributed by atoms with Crippen LogP contribution in [-0.2, 0) is 20.7 Å². The number of ether oxygens (including phenoxy) is 1. The Morgan fingerprint density at radius 1 is 1.27 bits per heavy atom. The molecule has 0 aromatic heterocycles. The van der Waals surface area contributed by atoms with Gasteiger partial charge in [0.15, 0.2) is 0 Å². The van der Waals surface area contributed by atoms with Gasteiger partial charge in [-0.3, -0.25) is 14.5 Å². The minimum atomic E-state index is -0.870. The van der Waals surface area contributed by atoms with E-state index in [-0.39, 0.29) is 19.1 Å². The van der Waals surface area contributed by atoms with Gasteiger partial charge in [0.05, 0.1) is 25.7 Å². The lowest BCUT2D eigenvalue weighted by molar-refractivity contribution is -0.143. The van der Waals surface area contributed by atoms with E-state index in [9.17, 15) is 9.59 Å². The van der Waals surface area contributed by atoms with Crippen LogP contribution in [0.25, 0.3) is 0 Å². The van der Waals surface area contributed by atoms with Crippen LogP contribution in [0, 0.1) is 5.92 Å². The fourth-order valence-electron chi connectivity index (χ4n) is 3.04. The lowest BCUT2D eigenvalue weighted by Crippen LogP contribution is -2.42. The number of fused-ring (bicyclic) bond motifs is 1. The van der Waals surface area contributed by atoms with Gasteiger partial charge in [-0.05, 0) is 18.1 Å². The zero-order chi connectivity index (χ0) is 15.5. The zero-order valence-electron chi connectivity index (χ0n) is 12.4. The molecule has 1 aromatic carbocycles. The fourth-order valence-corrected chi connectivity index (χ4v) is 3.04. The number of carbonyl (C=O) groups excluding carboxylic acids is 1. The highest BCUT2D eigenvalue weighted by Crippen LogP contribution is 2.27. The number of carboxylic acids is 1. The van der Waals surface area contributed by atoms with Crippen LogP contribution in [0.3, 0.4) is 0 Å². The molecule has 22 heavy (non-hydrogen) atoms. The highest BCUT2D eigenvalue weighted by Gasteiger charge is 2.29. The minimum absolute atomic E-state index is 0.0241. The molecule has 2 heterocycles. The fraction of sp³-hybridized carbons (Fsp3) is 0.500. The summed E-state index contributed by atoms with van der Waals surface area (Å²) >= 11 is 0. The van der Waals surface area contributed by atoms with Crippen LogP contribution in [0.15, 0.2) is 24.3 Å². The van der Waals surface area contributed by atoms with Crippen molar-refractivity contribution in [2.75, 3.05) is 44.3 Å². The highest BCUT2D eigenvalue weighted by atomic mass is 16.5. The normalized spacial score (nSPS) is 22.2. The Balaban J connectivity index is 1.65. The average Bonchev–Trinajstić information content (AvgIpc) is 2.80. The summed E-state index contributed by atoms with van der Waals surface area (Å²) in [6, 6.07) is 7.93. The quantitative estimate of drug-likeness (QED) is 0.886. The van der Waals surface area contributed by atoms with Crippen molar-refractivity contribution in [3.8, 4) is 0 Å². The third kappa shape index (κ3) is 3.13. The SMILES string of the molecule is O=C(O)C1COCCN(CC(=O)N2CCc3ccccc32)C1. The predicted molar refractivity (Wildman–Crippen MR) is 80.9 cm³/mol. The molecular weight excluding hydrogens is 284 g/mol. The van der Waals surface area contributed by atoms with E-state index in [1.54, 1.807) is 4.90 Å². The molecule has 6 nitrogen and oxygen atoms in total. The van der Waals surface area contributed by atoms with Gasteiger partial charge in [-0.25, -0.2) is 0 Å². The zero-order valence-corrected chi connectivity index (χ0v) is 12.4. The first-order valence-electron chi connectivity index (χ1n) is 7.56. The van der Waals surface area contributed by atoms with Gasteiger partial charge >= 0.3 is 5.97 Å². The summed E-state index contributed by atoms with van der Waals surface area (Å²) in [5.74, 6) is -1.41. The monoisotopic (exact) mass is 304 g/mol. The second kappa shape index (κ2) is 6.46. The molecule has 1 aromatic rings. The van der Waals surface area contributed by atoms with Crippen molar-refractivity contribution >= 4 is 17.6 Å². The number of para-hydroxylation sites is 1. The van der Waals surface area contributed by atoms with Gasteiger partial charge in [-0.15, -0.1) is 0 Å². The number of aliphatic carboxylic acids is 1. The number of carbonyl (C=O) groups is 2. The van der Waals surface area contributed by atoms with E-state index >= 15 is 0 Å². The largest absolute Gasteiger partial charge is 0.481 e. The lowest BCUT2D eigenvalue weighted by atomic mass is 10.1. The van der Waals surface area contributed by atoms with Crippen LogP contribution in [0.4, 0.5) is 5.69 Å². The number of hydrogen-bond acceptors (Lipinski definition) is 4. The summed E-state index contributed by atoms with van der Waals surface area (Å²) in [4.78, 5) is 27.4. The Morgan fingerprint density at radius 3 is 2.91 bits per heavy atom. The van der Waals surface area contributed by atoms with Gasteiger partial charge in [-0.1, -0.05) is 18.2 Å². The number of benzene rings is 1. The first kappa shape index (κ1) is 15.0. The molecule has 1 saturated heterocycles. The summed E-state index contributed by atoms with van der Waals surface area (Å²) in [5, 5.41) is 9.15. The number of rotatable bonds is 3. The van der Waals surface area contributed by atoms with E-state index in [1.807, 2.05) is 29.2 Å². The molecule has 0 spiro atoms. The molecule has 0 radical (unpaired) electrons. The smallest absolute Gasteiger partial charge is 0.310 e. The Hall–Kier alpha value is -1.92. The first-order valence-corrected chi connectivity index (χ1v) is 7.56. The third-order valence-corrected chi connectivity index (χ3v) is 4.25. The van der Waals surface area contributed by atoms with E-state index in [0.717, 1.165) is 12.1 Å². The molecule has 3 rings (SSSR count). The molecule has 6 heteroatoms. The van der Waals surface area contributed by atoms with Crippen molar-refractivity contribution in [3.63, 3.8) is 0 Å². The van der Waals surface area contributed by atoms with Crippen molar-refractivity contribution in [1.29, 1.82) is 0 Å². The maximum atomic E-state index is 12.6. The molecule has 2 aliphatic rings. The molecule has 1 atom stereocenters. The van der Waals surface area contributed by atoms with Crippen LogP contribution >= 0.6 is 0 Å². The minimum Gasteiger partial charge on any atom is -0.481 e. The van der Waals surface area contributed by atoms with Gasteiger partial charge < -0.3 is 14.7 Å². The van der Waals surface area contributed by atoms with Crippen molar-refractivity contribution < 1.29 is 19.4 Å². The summed E-state index contributed by atoms with van der Waals surface area (Å²) < 4.78 is 5.31. The number of hydrogen-bond donors (Lipinski definition) is 1. The van der Waals surface area contributed by atoms with Crippen LogP contribution < -0.4 is 4.90 Å². The topological polar surface area (TPSA) is 70.1 Å². The van der Waals surface area contributed by atoms with Crippen LogP contribution in [0.5, 0.6) is 0 Å². The summed E-state index contributed by atoms with van der Waals surface area (Å²) in [6.07, 6.45) is 0.878. The van der Waals surface area contributed by atoms with E-state index in [4.69, 9.17) is 9.84 Å². The summed E-state index contributed by atoms with van der Waals surface area (Å²) in [5.41, 5.74) is 2.17. The number of carboxylic acid groups (broad SMARTS) is 1. The van der Waals surface area contributed by atoms with Gasteiger partial charge in [0, 0.05) is 25.3 Å². The van der Waals surface area contributed by atoms with E-state index < -0.39 is 11.9 Å². The van der Waals surface area contributed by atoms with Crippen molar-refractivity contribution in [3.05, 3.63) is 29.8 Å². The highest BCUT2D eigenvalue weighted by molar-refractivity contribution is 5.96. The standard InChI is InChI=1S/C16H20N2O4/c19-15(18-6-5-12-3-1-2-4-14(12)18)10-17-7-8-22-11-13(9-17)16(20)21/h1-4,13H,5-11H2,(H,20,21).